The Bertz CT molecular complexity index is 1160. The van der Waals surface area contributed by atoms with Crippen molar-refractivity contribution in [3.05, 3.63) is 59.5 Å². The van der Waals surface area contributed by atoms with E-state index in [2.05, 4.69) is 4.98 Å². The fraction of sp³-hybridized carbons (Fsp3) is 0.0500. The minimum Gasteiger partial charge on any atom is -0.497 e. The number of anilines is 2. The number of ether oxygens (including phenoxy) is 1. The highest BCUT2D eigenvalue weighted by molar-refractivity contribution is 6.31. The molecule has 0 atom stereocenters. The van der Waals surface area contributed by atoms with Crippen LogP contribution in [0.15, 0.2) is 53.1 Å². The number of hydrogen-bond acceptors (Lipinski definition) is 5. The van der Waals surface area contributed by atoms with Crippen molar-refractivity contribution < 1.29 is 13.5 Å². The molecule has 2 aromatic heterocycles. The van der Waals surface area contributed by atoms with Crippen molar-refractivity contribution in [2.45, 2.75) is 0 Å². The van der Waals surface area contributed by atoms with Crippen molar-refractivity contribution in [2.75, 3.05) is 18.6 Å². The Morgan fingerprint density at radius 2 is 1.78 bits per heavy atom. The molecule has 0 spiro atoms. The molecule has 0 bridgehead atoms. The average molecular weight is 384 g/mol. The summed E-state index contributed by atoms with van der Waals surface area (Å²) < 4.78 is 24.4. The summed E-state index contributed by atoms with van der Waals surface area (Å²) in [6, 6.07) is 11.8. The first-order valence-corrected chi connectivity index (χ1v) is 8.43. The van der Waals surface area contributed by atoms with Gasteiger partial charge in [-0.2, -0.15) is 0 Å². The van der Waals surface area contributed by atoms with Gasteiger partial charge in [-0.3, -0.25) is 4.98 Å². The smallest absolute Gasteiger partial charge is 0.215 e. The summed E-state index contributed by atoms with van der Waals surface area (Å²) in [7, 11) is 1.60. The lowest BCUT2D eigenvalue weighted by molar-refractivity contribution is 0.415. The zero-order valence-electron chi connectivity index (χ0n) is 14.3. The van der Waals surface area contributed by atoms with Gasteiger partial charge in [-0.25, -0.2) is 4.39 Å². The second-order valence-electron chi connectivity index (χ2n) is 5.96. The summed E-state index contributed by atoms with van der Waals surface area (Å²) in [6.45, 7) is 0. The molecule has 136 valence electrons. The number of nitrogens with two attached hydrogens (primary N) is 2. The van der Waals surface area contributed by atoms with Gasteiger partial charge in [0.05, 0.1) is 17.5 Å². The topological polar surface area (TPSA) is 87.3 Å². The highest BCUT2D eigenvalue weighted by Crippen LogP contribution is 2.42. The summed E-state index contributed by atoms with van der Waals surface area (Å²) in [5, 5.41) is 0.617. The molecule has 4 aromatic rings. The molecule has 0 saturated heterocycles. The normalized spacial score (nSPS) is 11.1. The zero-order chi connectivity index (χ0) is 19.1. The molecule has 0 aliphatic heterocycles. The number of halogens is 2. The number of methoxy groups -OCH3 is 1. The SMILES string of the molecule is COc1ccc(-c2ncc(-c3ccc(F)c(Cl)c3)c3c(N)c(N)oc23)cc1. The summed E-state index contributed by atoms with van der Waals surface area (Å²) in [4.78, 5) is 4.53. The number of pyridine rings is 1. The van der Waals surface area contributed by atoms with Crippen molar-refractivity contribution in [1.29, 1.82) is 0 Å². The standard InChI is InChI=1S/C20H15ClFN3O2/c1-26-12-5-2-10(3-6-12)18-19-16(17(23)20(24)27-19)13(9-25-18)11-4-7-15(22)14(21)8-11/h2-9H,23-24H2,1H3. The van der Waals surface area contributed by atoms with Crippen LogP contribution in [0.5, 0.6) is 5.75 Å². The van der Waals surface area contributed by atoms with Gasteiger partial charge in [0.1, 0.15) is 22.9 Å². The van der Waals surface area contributed by atoms with Crippen LogP contribution in [0.25, 0.3) is 33.4 Å². The highest BCUT2D eigenvalue weighted by atomic mass is 35.5. The van der Waals surface area contributed by atoms with Gasteiger partial charge in [-0.05, 0) is 42.0 Å². The van der Waals surface area contributed by atoms with Crippen LogP contribution in [0, 0.1) is 5.82 Å². The van der Waals surface area contributed by atoms with E-state index in [4.69, 9.17) is 32.2 Å². The average Bonchev–Trinajstić information content (AvgIpc) is 2.98. The first-order valence-electron chi connectivity index (χ1n) is 8.06. The summed E-state index contributed by atoms with van der Waals surface area (Å²) in [6.07, 6.45) is 1.65. The second-order valence-corrected chi connectivity index (χ2v) is 6.37. The van der Waals surface area contributed by atoms with Crippen molar-refractivity contribution in [3.63, 3.8) is 0 Å². The van der Waals surface area contributed by atoms with Gasteiger partial charge in [0.25, 0.3) is 0 Å². The van der Waals surface area contributed by atoms with Crippen LogP contribution < -0.4 is 16.2 Å². The molecule has 4 rings (SSSR count). The summed E-state index contributed by atoms with van der Waals surface area (Å²) in [5.74, 6) is 0.326. The number of nitrogen functional groups attached to an aromatic ring is 2. The van der Waals surface area contributed by atoms with E-state index in [0.29, 0.717) is 33.5 Å². The maximum atomic E-state index is 13.5. The third-order valence-electron chi connectivity index (χ3n) is 4.38. The second kappa shape index (κ2) is 6.48. The fourth-order valence-electron chi connectivity index (χ4n) is 2.98. The molecule has 0 fully saturated rings. The minimum absolute atomic E-state index is 0.00918. The molecular formula is C20H15ClFN3O2. The fourth-order valence-corrected chi connectivity index (χ4v) is 3.17. The molecule has 0 radical (unpaired) electrons. The Balaban J connectivity index is 1.96. The van der Waals surface area contributed by atoms with Gasteiger partial charge >= 0.3 is 0 Å². The van der Waals surface area contributed by atoms with Crippen LogP contribution in [-0.4, -0.2) is 12.1 Å². The molecule has 4 N–H and O–H groups in total. The predicted molar refractivity (Wildman–Crippen MR) is 105 cm³/mol. The van der Waals surface area contributed by atoms with E-state index in [1.807, 2.05) is 24.3 Å². The minimum atomic E-state index is -0.501. The van der Waals surface area contributed by atoms with E-state index in [1.54, 1.807) is 19.4 Å². The van der Waals surface area contributed by atoms with Gasteiger partial charge in [-0.1, -0.05) is 17.7 Å². The van der Waals surface area contributed by atoms with Crippen LogP contribution >= 0.6 is 11.6 Å². The number of aromatic nitrogens is 1. The number of benzene rings is 2. The Hall–Kier alpha value is -3.25. The van der Waals surface area contributed by atoms with E-state index in [0.717, 1.165) is 11.3 Å². The molecule has 0 aliphatic rings. The largest absolute Gasteiger partial charge is 0.497 e. The van der Waals surface area contributed by atoms with Crippen molar-refractivity contribution >= 4 is 34.1 Å². The quantitative estimate of drug-likeness (QED) is 0.512. The lowest BCUT2D eigenvalue weighted by Crippen LogP contribution is -1.93. The van der Waals surface area contributed by atoms with Crippen LogP contribution in [0.1, 0.15) is 0 Å². The molecule has 0 aliphatic carbocycles. The lowest BCUT2D eigenvalue weighted by Gasteiger charge is -2.08. The molecule has 27 heavy (non-hydrogen) atoms. The maximum Gasteiger partial charge on any atom is 0.215 e. The molecule has 0 unspecified atom stereocenters. The third-order valence-corrected chi connectivity index (χ3v) is 4.66. The molecule has 0 amide bonds. The molecule has 7 heteroatoms. The van der Waals surface area contributed by atoms with E-state index in [9.17, 15) is 4.39 Å². The third kappa shape index (κ3) is 2.84. The van der Waals surface area contributed by atoms with Crippen LogP contribution in [-0.2, 0) is 0 Å². The van der Waals surface area contributed by atoms with Crippen molar-refractivity contribution in [2.24, 2.45) is 0 Å². The summed E-state index contributed by atoms with van der Waals surface area (Å²) in [5.41, 5.74) is 15.6. The molecule has 0 saturated carbocycles. The van der Waals surface area contributed by atoms with Crippen LogP contribution in [0.2, 0.25) is 5.02 Å². The Morgan fingerprint density at radius 1 is 1.07 bits per heavy atom. The van der Waals surface area contributed by atoms with E-state index in [1.165, 1.54) is 12.1 Å². The number of furan rings is 1. The van der Waals surface area contributed by atoms with Crippen molar-refractivity contribution in [3.8, 4) is 28.1 Å². The van der Waals surface area contributed by atoms with Gasteiger partial charge < -0.3 is 20.6 Å². The first-order chi connectivity index (χ1) is 13.0. The van der Waals surface area contributed by atoms with Crippen LogP contribution in [0.4, 0.5) is 16.0 Å². The number of nitrogens with zero attached hydrogens (tertiary/aromatic N) is 1. The van der Waals surface area contributed by atoms with Crippen LogP contribution in [0.3, 0.4) is 0 Å². The lowest BCUT2D eigenvalue weighted by atomic mass is 10.0. The number of fused-ring (bicyclic) bond motifs is 1. The van der Waals surface area contributed by atoms with Crippen molar-refractivity contribution in [1.82, 2.24) is 4.98 Å². The van der Waals surface area contributed by atoms with E-state index < -0.39 is 5.82 Å². The number of hydrogen-bond donors (Lipinski definition) is 2. The monoisotopic (exact) mass is 383 g/mol. The summed E-state index contributed by atoms with van der Waals surface area (Å²) >= 11 is 5.93. The van der Waals surface area contributed by atoms with E-state index in [-0.39, 0.29) is 10.9 Å². The highest BCUT2D eigenvalue weighted by Gasteiger charge is 2.20. The maximum absolute atomic E-state index is 13.5. The molecular weight excluding hydrogens is 369 g/mol. The van der Waals surface area contributed by atoms with E-state index >= 15 is 0 Å². The molecule has 2 heterocycles. The predicted octanol–water partition coefficient (Wildman–Crippen LogP) is 5.13. The molecule has 5 nitrogen and oxygen atoms in total. The molecule has 2 aromatic carbocycles. The van der Waals surface area contributed by atoms with Gasteiger partial charge in [0, 0.05) is 17.3 Å². The zero-order valence-corrected chi connectivity index (χ0v) is 15.0. The first kappa shape index (κ1) is 17.2. The Morgan fingerprint density at radius 3 is 2.44 bits per heavy atom. The van der Waals surface area contributed by atoms with Gasteiger partial charge in [0.2, 0.25) is 5.88 Å². The van der Waals surface area contributed by atoms with Gasteiger partial charge in [0.15, 0.2) is 5.58 Å². The number of rotatable bonds is 3. The van der Waals surface area contributed by atoms with Gasteiger partial charge in [-0.15, -0.1) is 0 Å². The Labute approximate surface area is 159 Å². The Kier molecular flexibility index (Phi) is 4.12.